The molecular weight excluding hydrogens is 178 g/mol. The van der Waals surface area contributed by atoms with E-state index in [1.165, 1.54) is 19.1 Å². The van der Waals surface area contributed by atoms with Crippen LogP contribution in [0.3, 0.4) is 0 Å². The Morgan fingerprint density at radius 1 is 1.00 bits per heavy atom. The lowest BCUT2D eigenvalue weighted by Crippen LogP contribution is -2.30. The zero-order valence-electron chi connectivity index (χ0n) is 8.06. The van der Waals surface area contributed by atoms with Gasteiger partial charge in [-0.2, -0.15) is 0 Å². The standard InChI is InChI=1S/C7H17NO5/c1-10-6-12-4-8(3-9)5-13-7-11-2/h9H,3-7H2,1-2H3. The largest absolute Gasteiger partial charge is 0.381 e. The van der Waals surface area contributed by atoms with Crippen LogP contribution in [0.2, 0.25) is 0 Å². The van der Waals surface area contributed by atoms with E-state index < -0.39 is 0 Å². The Balaban J connectivity index is 3.28. The quantitative estimate of drug-likeness (QED) is 0.391. The van der Waals surface area contributed by atoms with Crippen LogP contribution in [0.25, 0.3) is 0 Å². The lowest BCUT2D eigenvalue weighted by Gasteiger charge is -2.18. The van der Waals surface area contributed by atoms with Crippen molar-refractivity contribution in [2.24, 2.45) is 0 Å². The van der Waals surface area contributed by atoms with Crippen LogP contribution >= 0.6 is 0 Å². The molecule has 0 bridgehead atoms. The summed E-state index contributed by atoms with van der Waals surface area (Å²) in [5, 5.41) is 8.81. The SMILES string of the molecule is COCOCN(CO)COCOC. The van der Waals surface area contributed by atoms with E-state index in [1.807, 2.05) is 0 Å². The van der Waals surface area contributed by atoms with Gasteiger partial charge in [-0.15, -0.1) is 0 Å². The number of aliphatic hydroxyl groups is 1. The molecule has 0 heterocycles. The van der Waals surface area contributed by atoms with Gasteiger partial charge >= 0.3 is 0 Å². The van der Waals surface area contributed by atoms with Crippen molar-refractivity contribution in [3.05, 3.63) is 0 Å². The molecule has 13 heavy (non-hydrogen) atoms. The van der Waals surface area contributed by atoms with E-state index in [9.17, 15) is 0 Å². The summed E-state index contributed by atoms with van der Waals surface area (Å²) < 4.78 is 19.3. The molecule has 0 aliphatic rings. The monoisotopic (exact) mass is 195 g/mol. The van der Waals surface area contributed by atoms with Crippen LogP contribution in [0.5, 0.6) is 0 Å². The van der Waals surface area contributed by atoms with Gasteiger partial charge in [0.2, 0.25) is 0 Å². The van der Waals surface area contributed by atoms with Gasteiger partial charge in [0, 0.05) is 14.2 Å². The molecule has 0 amide bonds. The molecule has 6 nitrogen and oxygen atoms in total. The smallest absolute Gasteiger partial charge is 0.148 e. The highest BCUT2D eigenvalue weighted by Gasteiger charge is 2.01. The first kappa shape index (κ1) is 12.8. The number of hydrogen-bond donors (Lipinski definition) is 1. The number of methoxy groups -OCH3 is 2. The second kappa shape index (κ2) is 9.85. The third kappa shape index (κ3) is 8.10. The molecule has 0 rings (SSSR count). The Bertz CT molecular complexity index is 92.9. The fourth-order valence-corrected chi connectivity index (χ4v) is 0.618. The molecule has 0 unspecified atom stereocenters. The predicted molar refractivity (Wildman–Crippen MR) is 44.6 cm³/mol. The van der Waals surface area contributed by atoms with E-state index in [-0.39, 0.29) is 33.8 Å². The van der Waals surface area contributed by atoms with Crippen molar-refractivity contribution >= 4 is 0 Å². The van der Waals surface area contributed by atoms with Crippen molar-refractivity contribution < 1.29 is 24.1 Å². The molecule has 0 fully saturated rings. The molecule has 0 aliphatic carbocycles. The van der Waals surface area contributed by atoms with Gasteiger partial charge in [0.15, 0.2) is 0 Å². The molecule has 0 spiro atoms. The fraction of sp³-hybridized carbons (Fsp3) is 1.00. The molecule has 0 aromatic carbocycles. The lowest BCUT2D eigenvalue weighted by atomic mass is 10.8. The highest BCUT2D eigenvalue weighted by atomic mass is 16.7. The maximum Gasteiger partial charge on any atom is 0.148 e. The van der Waals surface area contributed by atoms with E-state index in [0.717, 1.165) is 0 Å². The third-order valence-corrected chi connectivity index (χ3v) is 1.15. The van der Waals surface area contributed by atoms with Crippen LogP contribution in [0.4, 0.5) is 0 Å². The number of nitrogens with zero attached hydrogens (tertiary/aromatic N) is 1. The van der Waals surface area contributed by atoms with Gasteiger partial charge in [-0.1, -0.05) is 0 Å². The Labute approximate surface area is 77.9 Å². The van der Waals surface area contributed by atoms with Crippen LogP contribution < -0.4 is 0 Å². The van der Waals surface area contributed by atoms with Crippen LogP contribution in [0, 0.1) is 0 Å². The fourth-order valence-electron chi connectivity index (χ4n) is 0.618. The van der Waals surface area contributed by atoms with Crippen LogP contribution in [0.15, 0.2) is 0 Å². The van der Waals surface area contributed by atoms with Gasteiger partial charge in [0.1, 0.15) is 27.0 Å². The molecule has 0 atom stereocenters. The lowest BCUT2D eigenvalue weighted by molar-refractivity contribution is -0.142. The number of hydrogen-bond acceptors (Lipinski definition) is 6. The summed E-state index contributed by atoms with van der Waals surface area (Å²) in [4.78, 5) is 1.54. The Kier molecular flexibility index (Phi) is 9.66. The second-order valence-corrected chi connectivity index (χ2v) is 2.29. The number of aliphatic hydroxyl groups excluding tert-OH is 1. The highest BCUT2D eigenvalue weighted by Crippen LogP contribution is 1.88. The van der Waals surface area contributed by atoms with Gasteiger partial charge in [0.05, 0.1) is 6.73 Å². The molecule has 6 heteroatoms. The first-order chi connectivity index (χ1) is 6.35. The van der Waals surface area contributed by atoms with Crippen LogP contribution in [-0.4, -0.2) is 58.0 Å². The summed E-state index contributed by atoms with van der Waals surface area (Å²) in [5.41, 5.74) is 0. The molecule has 1 N–H and O–H groups in total. The van der Waals surface area contributed by atoms with E-state index in [4.69, 9.17) is 14.6 Å². The van der Waals surface area contributed by atoms with Crippen LogP contribution in [0.1, 0.15) is 0 Å². The Hall–Kier alpha value is -0.240. The maximum absolute atomic E-state index is 8.81. The molecule has 80 valence electrons. The number of ether oxygens (including phenoxy) is 4. The zero-order valence-corrected chi connectivity index (χ0v) is 8.06. The topological polar surface area (TPSA) is 60.4 Å². The maximum atomic E-state index is 8.81. The van der Waals surface area contributed by atoms with E-state index in [1.54, 1.807) is 0 Å². The molecule has 0 aliphatic heterocycles. The first-order valence-corrected chi connectivity index (χ1v) is 3.81. The highest BCUT2D eigenvalue weighted by molar-refractivity contribution is 4.34. The summed E-state index contributed by atoms with van der Waals surface area (Å²) in [5.74, 6) is 0. The zero-order chi connectivity index (χ0) is 9.94. The van der Waals surface area contributed by atoms with Crippen molar-refractivity contribution in [2.75, 3.05) is 48.0 Å². The first-order valence-electron chi connectivity index (χ1n) is 3.81. The van der Waals surface area contributed by atoms with Gasteiger partial charge in [0.25, 0.3) is 0 Å². The second-order valence-electron chi connectivity index (χ2n) is 2.29. The minimum absolute atomic E-state index is 0.132. The minimum Gasteiger partial charge on any atom is -0.381 e. The molecular formula is C7H17NO5. The van der Waals surface area contributed by atoms with E-state index >= 15 is 0 Å². The third-order valence-electron chi connectivity index (χ3n) is 1.15. The molecule has 0 radical (unpaired) electrons. The Morgan fingerprint density at radius 3 is 1.77 bits per heavy atom. The average Bonchev–Trinajstić information content (AvgIpc) is 2.16. The summed E-state index contributed by atoms with van der Waals surface area (Å²) in [6.07, 6.45) is 0. The van der Waals surface area contributed by atoms with Gasteiger partial charge < -0.3 is 24.1 Å². The van der Waals surface area contributed by atoms with Crippen LogP contribution in [-0.2, 0) is 18.9 Å². The molecule has 0 saturated carbocycles. The number of rotatable bonds is 9. The molecule has 0 aromatic heterocycles. The van der Waals surface area contributed by atoms with Crippen molar-refractivity contribution in [1.29, 1.82) is 0 Å². The summed E-state index contributed by atoms with van der Waals surface area (Å²) >= 11 is 0. The minimum atomic E-state index is -0.132. The van der Waals surface area contributed by atoms with E-state index in [2.05, 4.69) is 9.47 Å². The van der Waals surface area contributed by atoms with Crippen molar-refractivity contribution in [3.63, 3.8) is 0 Å². The normalized spacial score (nSPS) is 11.1. The van der Waals surface area contributed by atoms with Gasteiger partial charge in [-0.25, -0.2) is 4.90 Å². The van der Waals surface area contributed by atoms with E-state index in [0.29, 0.717) is 0 Å². The molecule has 0 saturated heterocycles. The van der Waals surface area contributed by atoms with Gasteiger partial charge in [-0.3, -0.25) is 0 Å². The summed E-state index contributed by atoms with van der Waals surface area (Å²) in [6.45, 7) is 0.775. The Morgan fingerprint density at radius 2 is 1.46 bits per heavy atom. The average molecular weight is 195 g/mol. The van der Waals surface area contributed by atoms with Crippen molar-refractivity contribution in [2.45, 2.75) is 0 Å². The molecule has 0 aromatic rings. The van der Waals surface area contributed by atoms with Crippen molar-refractivity contribution in [3.8, 4) is 0 Å². The summed E-state index contributed by atoms with van der Waals surface area (Å²) in [7, 11) is 3.06. The van der Waals surface area contributed by atoms with Gasteiger partial charge in [-0.05, 0) is 0 Å². The van der Waals surface area contributed by atoms with Crippen molar-refractivity contribution in [1.82, 2.24) is 4.90 Å². The summed E-state index contributed by atoms with van der Waals surface area (Å²) in [6, 6.07) is 0. The predicted octanol–water partition coefficient (Wildman–Crippen LogP) is -0.606.